The predicted molar refractivity (Wildman–Crippen MR) is 90.2 cm³/mol. The van der Waals surface area contributed by atoms with Crippen LogP contribution in [-0.4, -0.2) is 40.1 Å². The maximum atomic E-state index is 11.2. The maximum Gasteiger partial charge on any atom is 0.337 e. The Balaban J connectivity index is 0.00000484. The molecule has 4 N–H and O–H groups in total. The van der Waals surface area contributed by atoms with Gasteiger partial charge in [0.05, 0.1) is 4.92 Å². The van der Waals surface area contributed by atoms with E-state index in [2.05, 4.69) is 19.2 Å². The van der Waals surface area contributed by atoms with Crippen molar-refractivity contribution in [2.24, 2.45) is 5.92 Å². The largest absolute Gasteiger partial charge is 0.396 e. The van der Waals surface area contributed by atoms with E-state index < -0.39 is 9.73 Å². The fraction of sp³-hybridized carbons (Fsp3) is 0.571. The Kier molecular flexibility index (Phi) is 9.03. The lowest BCUT2D eigenvalue weighted by molar-refractivity contribution is -0.389. The van der Waals surface area contributed by atoms with Gasteiger partial charge < -0.3 is 10.4 Å². The minimum Gasteiger partial charge on any atom is -0.396 e. The third-order valence-electron chi connectivity index (χ3n) is 3.54. The lowest BCUT2D eigenvalue weighted by atomic mass is 10.1. The Morgan fingerprint density at radius 1 is 1.39 bits per heavy atom. The predicted octanol–water partition coefficient (Wildman–Crippen LogP) is 2.94. The van der Waals surface area contributed by atoms with E-state index in [-0.39, 0.29) is 43.4 Å². The van der Waals surface area contributed by atoms with Crippen LogP contribution in [0.5, 0.6) is 0 Å². The van der Waals surface area contributed by atoms with E-state index in [1.807, 2.05) is 0 Å². The van der Waals surface area contributed by atoms with Crippen LogP contribution in [0.25, 0.3) is 0 Å². The van der Waals surface area contributed by atoms with E-state index in [0.29, 0.717) is 18.2 Å². The second kappa shape index (κ2) is 9.64. The van der Waals surface area contributed by atoms with Crippen LogP contribution in [0.3, 0.4) is 0 Å². The van der Waals surface area contributed by atoms with Crippen LogP contribution in [0.1, 0.15) is 26.7 Å². The molecule has 1 aromatic carbocycles. The molecule has 132 valence electrons. The van der Waals surface area contributed by atoms with E-state index in [1.54, 1.807) is 6.07 Å². The SMILES string of the molecule is CCC(C)CNc1ccc([N+](O)(O)CCCO)c([N+](=O)[O-])c1.Cl. The van der Waals surface area contributed by atoms with E-state index in [1.165, 1.54) is 12.1 Å². The summed E-state index contributed by atoms with van der Waals surface area (Å²) in [7, 11) is 0. The first-order valence-corrected chi connectivity index (χ1v) is 7.29. The lowest BCUT2D eigenvalue weighted by Crippen LogP contribution is -2.43. The van der Waals surface area contributed by atoms with Crippen LogP contribution in [0.2, 0.25) is 0 Å². The number of nitro benzene ring substituents is 1. The molecular formula is C14H25ClN3O5+. The maximum absolute atomic E-state index is 11.2. The Morgan fingerprint density at radius 3 is 2.57 bits per heavy atom. The summed E-state index contributed by atoms with van der Waals surface area (Å²) in [5.74, 6) is 0.425. The zero-order valence-electron chi connectivity index (χ0n) is 13.3. The van der Waals surface area contributed by atoms with Crippen molar-refractivity contribution in [3.05, 3.63) is 28.3 Å². The molecule has 1 rings (SSSR count). The van der Waals surface area contributed by atoms with Crippen molar-refractivity contribution in [1.82, 2.24) is 4.81 Å². The van der Waals surface area contributed by atoms with E-state index in [4.69, 9.17) is 5.11 Å². The molecule has 0 amide bonds. The molecule has 0 heterocycles. The zero-order valence-corrected chi connectivity index (χ0v) is 14.1. The van der Waals surface area contributed by atoms with Crippen LogP contribution in [0.15, 0.2) is 18.2 Å². The number of anilines is 1. The average molecular weight is 351 g/mol. The molecular weight excluding hydrogens is 326 g/mol. The van der Waals surface area contributed by atoms with E-state index in [0.717, 1.165) is 6.42 Å². The van der Waals surface area contributed by atoms with Gasteiger partial charge in [-0.25, -0.2) is 0 Å². The molecule has 0 spiro atoms. The van der Waals surface area contributed by atoms with Gasteiger partial charge in [0, 0.05) is 37.4 Å². The fourth-order valence-corrected chi connectivity index (χ4v) is 1.93. The smallest absolute Gasteiger partial charge is 0.337 e. The van der Waals surface area contributed by atoms with Crippen molar-refractivity contribution in [1.29, 1.82) is 0 Å². The molecule has 1 atom stereocenters. The number of nitrogens with zero attached hydrogens (tertiary/aromatic N) is 2. The highest BCUT2D eigenvalue weighted by Gasteiger charge is 2.35. The summed E-state index contributed by atoms with van der Waals surface area (Å²) in [5.41, 5.74) is -0.0532. The molecule has 0 aromatic heterocycles. The fourth-order valence-electron chi connectivity index (χ4n) is 1.93. The van der Waals surface area contributed by atoms with Crippen LogP contribution in [-0.2, 0) is 0 Å². The Labute approximate surface area is 141 Å². The van der Waals surface area contributed by atoms with Crippen molar-refractivity contribution < 1.29 is 20.4 Å². The third-order valence-corrected chi connectivity index (χ3v) is 3.54. The van der Waals surface area contributed by atoms with Gasteiger partial charge in [-0.05, 0) is 16.8 Å². The number of hydrogen-bond donors (Lipinski definition) is 4. The minimum absolute atomic E-state index is 0. The average Bonchev–Trinajstić information content (AvgIpc) is 2.50. The number of nitrogens with one attached hydrogen (secondary N) is 1. The van der Waals surface area contributed by atoms with Gasteiger partial charge in [0.2, 0.25) is 0 Å². The Morgan fingerprint density at radius 2 is 2.04 bits per heavy atom. The molecule has 1 aromatic rings. The highest BCUT2D eigenvalue weighted by Crippen LogP contribution is 2.33. The summed E-state index contributed by atoms with van der Waals surface area (Å²) in [5, 5.41) is 43.0. The molecule has 9 heteroatoms. The second-order valence-corrected chi connectivity index (χ2v) is 5.39. The topological polar surface area (TPSA) is 116 Å². The summed E-state index contributed by atoms with van der Waals surface area (Å²) < 4.78 is 0. The molecule has 0 saturated carbocycles. The molecule has 0 fully saturated rings. The van der Waals surface area contributed by atoms with Crippen molar-refractivity contribution in [3.8, 4) is 0 Å². The normalized spacial score (nSPS) is 12.4. The Hall–Kier alpha value is -1.45. The van der Waals surface area contributed by atoms with Gasteiger partial charge in [-0.1, -0.05) is 20.3 Å². The van der Waals surface area contributed by atoms with Gasteiger partial charge >= 0.3 is 5.69 Å². The molecule has 0 bridgehead atoms. The number of halogens is 1. The summed E-state index contributed by atoms with van der Waals surface area (Å²) in [6.07, 6.45) is 1.10. The highest BCUT2D eigenvalue weighted by molar-refractivity contribution is 5.85. The number of aliphatic hydroxyl groups is 1. The monoisotopic (exact) mass is 350 g/mol. The van der Waals surface area contributed by atoms with Crippen molar-refractivity contribution in [2.75, 3.05) is 25.0 Å². The minimum atomic E-state index is -1.62. The molecule has 0 radical (unpaired) electrons. The molecule has 1 unspecified atom stereocenters. The molecule has 0 aliphatic rings. The van der Waals surface area contributed by atoms with E-state index in [9.17, 15) is 20.5 Å². The summed E-state index contributed by atoms with van der Waals surface area (Å²) in [6.45, 7) is 4.33. The van der Waals surface area contributed by atoms with Crippen molar-refractivity contribution in [3.63, 3.8) is 0 Å². The van der Waals surface area contributed by atoms with Crippen molar-refractivity contribution in [2.45, 2.75) is 26.7 Å². The van der Waals surface area contributed by atoms with Crippen LogP contribution < -0.4 is 10.1 Å². The first-order chi connectivity index (χ1) is 10.3. The Bertz CT molecular complexity index is 513. The van der Waals surface area contributed by atoms with E-state index >= 15 is 0 Å². The molecule has 0 aliphatic heterocycles. The number of rotatable bonds is 9. The van der Waals surface area contributed by atoms with Gasteiger partial charge in [0.1, 0.15) is 6.54 Å². The number of quaternary nitrogens is 1. The number of benzene rings is 1. The highest BCUT2D eigenvalue weighted by atomic mass is 35.5. The number of hydroxylamine groups is 2. The van der Waals surface area contributed by atoms with Gasteiger partial charge in [-0.15, -0.1) is 12.4 Å². The summed E-state index contributed by atoms with van der Waals surface area (Å²) in [6, 6.07) is 4.17. The quantitative estimate of drug-likeness (QED) is 0.309. The molecule has 0 aliphatic carbocycles. The third kappa shape index (κ3) is 6.28. The molecule has 23 heavy (non-hydrogen) atoms. The lowest BCUT2D eigenvalue weighted by Gasteiger charge is -2.20. The van der Waals surface area contributed by atoms with Crippen LogP contribution in [0, 0.1) is 16.0 Å². The van der Waals surface area contributed by atoms with Gasteiger partial charge in [0.25, 0.3) is 5.69 Å². The first kappa shape index (κ1) is 21.6. The van der Waals surface area contributed by atoms with Gasteiger partial charge in [-0.2, -0.15) is 10.4 Å². The summed E-state index contributed by atoms with van der Waals surface area (Å²) >= 11 is 0. The van der Waals surface area contributed by atoms with Crippen LogP contribution >= 0.6 is 12.4 Å². The number of aliphatic hydroxyl groups excluding tert-OH is 1. The van der Waals surface area contributed by atoms with Gasteiger partial charge in [-0.3, -0.25) is 10.1 Å². The summed E-state index contributed by atoms with van der Waals surface area (Å²) in [4.78, 5) is 8.91. The standard InChI is InChI=1S/C14H24N3O5.ClH/c1-3-11(2)10-15-12-5-6-14(13(9-12)16(19)20)17(21,22)7-4-8-18;/h5-6,9,11,15,18,21-22H,3-4,7-8,10H2,1-2H3;1H/q+1;. The molecule has 8 nitrogen and oxygen atoms in total. The number of nitro groups is 1. The van der Waals surface area contributed by atoms with Crippen LogP contribution in [0.4, 0.5) is 17.1 Å². The zero-order chi connectivity index (χ0) is 16.8. The first-order valence-electron chi connectivity index (χ1n) is 7.29. The van der Waals surface area contributed by atoms with Crippen molar-refractivity contribution >= 4 is 29.5 Å². The number of hydrogen-bond acceptors (Lipinski definition) is 6. The van der Waals surface area contributed by atoms with Gasteiger partial charge in [0.15, 0.2) is 0 Å². The second-order valence-electron chi connectivity index (χ2n) is 5.39. The molecule has 0 saturated heterocycles.